The van der Waals surface area contributed by atoms with E-state index in [0.29, 0.717) is 12.2 Å². The summed E-state index contributed by atoms with van der Waals surface area (Å²) in [5, 5.41) is 9.04. The Labute approximate surface area is 228 Å². The van der Waals surface area contributed by atoms with Crippen LogP contribution >= 0.6 is 0 Å². The normalized spacial score (nSPS) is 15.5. The molecule has 0 radical (unpaired) electrons. The van der Waals surface area contributed by atoms with Gasteiger partial charge in [0.2, 0.25) is 0 Å². The van der Waals surface area contributed by atoms with Gasteiger partial charge in [-0.15, -0.1) is 0 Å². The molecule has 1 N–H and O–H groups in total. The van der Waals surface area contributed by atoms with Gasteiger partial charge in [-0.1, -0.05) is 70.5 Å². The summed E-state index contributed by atoms with van der Waals surface area (Å²) in [5.41, 5.74) is 8.05. The third kappa shape index (κ3) is 6.13. The number of methoxy groups -OCH3 is 1. The van der Waals surface area contributed by atoms with E-state index in [9.17, 15) is 4.79 Å². The molecule has 0 aliphatic heterocycles. The van der Waals surface area contributed by atoms with Crippen molar-refractivity contribution < 1.29 is 19.4 Å². The van der Waals surface area contributed by atoms with Crippen LogP contribution in [0.2, 0.25) is 0 Å². The van der Waals surface area contributed by atoms with Crippen LogP contribution in [0.3, 0.4) is 0 Å². The predicted octanol–water partition coefficient (Wildman–Crippen LogP) is 8.09. The van der Waals surface area contributed by atoms with E-state index in [0.717, 1.165) is 53.7 Å². The summed E-state index contributed by atoms with van der Waals surface area (Å²) >= 11 is 0. The fourth-order valence-electron chi connectivity index (χ4n) is 5.48. The Bertz CT molecular complexity index is 1250. The minimum Gasteiger partial charge on any atom is -0.493 e. The number of carbonyl (C=O) groups is 1. The van der Waals surface area contributed by atoms with Crippen LogP contribution in [0.1, 0.15) is 87.7 Å². The Morgan fingerprint density at radius 3 is 2.08 bits per heavy atom. The summed E-state index contributed by atoms with van der Waals surface area (Å²) in [6, 6.07) is 20.8. The third-order valence-corrected chi connectivity index (χ3v) is 8.09. The van der Waals surface area contributed by atoms with E-state index in [4.69, 9.17) is 14.6 Å². The minimum atomic E-state index is -0.334. The molecule has 3 aromatic carbocycles. The highest BCUT2D eigenvalue weighted by Crippen LogP contribution is 2.47. The molecule has 1 aliphatic carbocycles. The lowest BCUT2D eigenvalue weighted by Gasteiger charge is -2.42. The zero-order valence-electron chi connectivity index (χ0n) is 23.6. The van der Waals surface area contributed by atoms with Gasteiger partial charge in [-0.2, -0.15) is 0 Å². The smallest absolute Gasteiger partial charge is 0.337 e. The van der Waals surface area contributed by atoms with Gasteiger partial charge in [0, 0.05) is 12.2 Å². The average molecular weight is 515 g/mol. The van der Waals surface area contributed by atoms with Gasteiger partial charge >= 0.3 is 5.97 Å². The largest absolute Gasteiger partial charge is 0.493 e. The van der Waals surface area contributed by atoms with Crippen LogP contribution in [0.5, 0.6) is 5.75 Å². The van der Waals surface area contributed by atoms with Gasteiger partial charge in [0.15, 0.2) is 0 Å². The maximum absolute atomic E-state index is 11.9. The molecule has 0 bridgehead atoms. The van der Waals surface area contributed by atoms with Crippen molar-refractivity contribution in [1.29, 1.82) is 0 Å². The highest BCUT2D eigenvalue weighted by molar-refractivity contribution is 5.90. The first kappa shape index (κ1) is 27.9. The fourth-order valence-corrected chi connectivity index (χ4v) is 5.48. The molecule has 4 nitrogen and oxygen atoms in total. The maximum atomic E-state index is 11.9. The summed E-state index contributed by atoms with van der Waals surface area (Å²) in [7, 11) is 1.40. The van der Waals surface area contributed by atoms with Crippen molar-refractivity contribution in [3.05, 3.63) is 77.4 Å². The minimum absolute atomic E-state index is 0.121. The van der Waals surface area contributed by atoms with Gasteiger partial charge < -0.3 is 14.6 Å². The molecular formula is C34H42O4. The lowest BCUT2D eigenvalue weighted by atomic mass is 9.63. The van der Waals surface area contributed by atoms with Gasteiger partial charge in [-0.3, -0.25) is 0 Å². The van der Waals surface area contributed by atoms with Gasteiger partial charge in [-0.25, -0.2) is 4.79 Å². The molecule has 0 spiro atoms. The van der Waals surface area contributed by atoms with Crippen molar-refractivity contribution in [3.8, 4) is 28.0 Å². The number of hydrogen-bond donors (Lipinski definition) is 1. The number of hydrogen-bond acceptors (Lipinski definition) is 4. The fraction of sp³-hybridized carbons (Fsp3) is 0.441. The monoisotopic (exact) mass is 514 g/mol. The van der Waals surface area contributed by atoms with Crippen molar-refractivity contribution >= 4 is 5.97 Å². The second-order valence-corrected chi connectivity index (χ2v) is 11.8. The highest BCUT2D eigenvalue weighted by Gasteiger charge is 2.37. The molecule has 0 heterocycles. The molecule has 0 unspecified atom stereocenters. The van der Waals surface area contributed by atoms with Crippen LogP contribution in [0, 0.1) is 0 Å². The zero-order chi connectivity index (χ0) is 27.3. The van der Waals surface area contributed by atoms with Crippen molar-refractivity contribution in [1.82, 2.24) is 0 Å². The molecule has 4 rings (SSSR count). The van der Waals surface area contributed by atoms with Gasteiger partial charge in [0.25, 0.3) is 0 Å². The van der Waals surface area contributed by atoms with Gasteiger partial charge in [0.1, 0.15) is 5.75 Å². The molecule has 0 amide bonds. The lowest BCUT2D eigenvalue weighted by molar-refractivity contribution is 0.0600. The van der Waals surface area contributed by atoms with Crippen molar-refractivity contribution in [2.75, 3.05) is 20.3 Å². The van der Waals surface area contributed by atoms with E-state index in [1.54, 1.807) is 12.1 Å². The van der Waals surface area contributed by atoms with Crippen molar-refractivity contribution in [3.63, 3.8) is 0 Å². The summed E-state index contributed by atoms with van der Waals surface area (Å²) in [6.07, 6.45) is 6.22. The van der Waals surface area contributed by atoms with E-state index in [-0.39, 0.29) is 23.4 Å². The Balaban J connectivity index is 1.71. The van der Waals surface area contributed by atoms with Crippen LogP contribution in [0.25, 0.3) is 22.3 Å². The van der Waals surface area contributed by atoms with Crippen LogP contribution in [-0.2, 0) is 15.6 Å². The summed E-state index contributed by atoms with van der Waals surface area (Å²) in [5.74, 6) is 0.550. The number of carbonyl (C=O) groups excluding carboxylic acids is 1. The second-order valence-electron chi connectivity index (χ2n) is 11.8. The highest BCUT2D eigenvalue weighted by atomic mass is 16.5. The Morgan fingerprint density at radius 1 is 0.763 bits per heavy atom. The zero-order valence-corrected chi connectivity index (χ0v) is 23.6. The van der Waals surface area contributed by atoms with E-state index in [1.807, 2.05) is 12.1 Å². The van der Waals surface area contributed by atoms with Gasteiger partial charge in [0.05, 0.1) is 19.3 Å². The molecular weight excluding hydrogens is 472 g/mol. The molecule has 0 aromatic heterocycles. The first-order chi connectivity index (χ1) is 18.2. The molecule has 3 aromatic rings. The quantitative estimate of drug-likeness (QED) is 0.219. The number of benzene rings is 3. The Kier molecular flexibility index (Phi) is 8.62. The molecule has 202 valence electrons. The molecule has 0 saturated heterocycles. The number of rotatable bonds is 10. The molecule has 0 atom stereocenters. The summed E-state index contributed by atoms with van der Waals surface area (Å²) < 4.78 is 11.2. The average Bonchev–Trinajstić information content (AvgIpc) is 2.93. The molecule has 0 saturated carbocycles. The number of ether oxygens (including phenoxy) is 2. The number of esters is 1. The van der Waals surface area contributed by atoms with Crippen molar-refractivity contribution in [2.45, 2.75) is 77.0 Å². The number of fused-ring (bicyclic) bond motifs is 1. The molecule has 38 heavy (non-hydrogen) atoms. The van der Waals surface area contributed by atoms with Crippen LogP contribution in [0.4, 0.5) is 0 Å². The van der Waals surface area contributed by atoms with Crippen LogP contribution in [-0.4, -0.2) is 31.4 Å². The molecule has 1 aliphatic rings. The SMILES string of the molecule is COC(=O)c1ccc(-c2ccc(OCCCCCCO)c(-c3ccc4c(c3)C(C)(C)CCC4(C)C)c2)cc1. The van der Waals surface area contributed by atoms with E-state index in [2.05, 4.69) is 64.1 Å². The summed E-state index contributed by atoms with van der Waals surface area (Å²) in [6.45, 7) is 10.3. The van der Waals surface area contributed by atoms with Crippen molar-refractivity contribution in [2.24, 2.45) is 0 Å². The standard InChI is InChI=1S/C34H42O4/c1-33(2)18-19-34(3,4)30-23-27(14-16-29(30)33)28-22-26(24-10-12-25(13-11-24)32(36)37-5)15-17-31(28)38-21-9-7-6-8-20-35/h10-17,22-23,35H,6-9,18-21H2,1-5H3. The van der Waals surface area contributed by atoms with Gasteiger partial charge in [-0.05, 0) is 95.0 Å². The van der Waals surface area contributed by atoms with Crippen LogP contribution < -0.4 is 4.74 Å². The third-order valence-electron chi connectivity index (χ3n) is 8.09. The summed E-state index contributed by atoms with van der Waals surface area (Å²) in [4.78, 5) is 11.9. The maximum Gasteiger partial charge on any atom is 0.337 e. The predicted molar refractivity (Wildman–Crippen MR) is 155 cm³/mol. The second kappa shape index (κ2) is 11.7. The van der Waals surface area contributed by atoms with E-state index >= 15 is 0 Å². The van der Waals surface area contributed by atoms with E-state index < -0.39 is 0 Å². The van der Waals surface area contributed by atoms with E-state index in [1.165, 1.54) is 31.1 Å². The lowest BCUT2D eigenvalue weighted by Crippen LogP contribution is -2.33. The van der Waals surface area contributed by atoms with Crippen LogP contribution in [0.15, 0.2) is 60.7 Å². The number of aliphatic hydroxyl groups excluding tert-OH is 1. The number of unbranched alkanes of at least 4 members (excludes halogenated alkanes) is 3. The molecule has 0 fully saturated rings. The first-order valence-electron chi connectivity index (χ1n) is 13.9. The Morgan fingerprint density at radius 2 is 1.39 bits per heavy atom. The first-order valence-corrected chi connectivity index (χ1v) is 13.9. The molecule has 4 heteroatoms. The topological polar surface area (TPSA) is 55.8 Å². The Hall–Kier alpha value is -3.11. The number of aliphatic hydroxyl groups is 1.